The van der Waals surface area contributed by atoms with Crippen LogP contribution in [0, 0.1) is 5.92 Å². The molecule has 5 nitrogen and oxygen atoms in total. The smallest absolute Gasteiger partial charge is 0.240 e. The zero-order valence-electron chi connectivity index (χ0n) is 11.6. The van der Waals surface area contributed by atoms with Gasteiger partial charge >= 0.3 is 0 Å². The number of benzene rings is 1. The molecule has 0 bridgehead atoms. The van der Waals surface area contributed by atoms with Gasteiger partial charge in [-0.1, -0.05) is 19.1 Å². The van der Waals surface area contributed by atoms with E-state index in [4.69, 9.17) is 9.84 Å². The molecule has 1 aliphatic rings. The Kier molecular flexibility index (Phi) is 5.15. The van der Waals surface area contributed by atoms with Crippen LogP contribution >= 0.6 is 0 Å². The number of aliphatic hydroxyl groups is 1. The van der Waals surface area contributed by atoms with Gasteiger partial charge < -0.3 is 9.84 Å². The summed E-state index contributed by atoms with van der Waals surface area (Å²) in [4.78, 5) is 0.191. The Morgan fingerprint density at radius 2 is 2.25 bits per heavy atom. The van der Waals surface area contributed by atoms with Gasteiger partial charge in [0.2, 0.25) is 10.0 Å². The first-order valence-electron chi connectivity index (χ1n) is 6.88. The van der Waals surface area contributed by atoms with E-state index in [1.165, 1.54) is 12.1 Å². The fourth-order valence-electron chi connectivity index (χ4n) is 2.49. The van der Waals surface area contributed by atoms with E-state index in [2.05, 4.69) is 4.72 Å². The molecule has 1 aromatic rings. The maximum absolute atomic E-state index is 12.2. The lowest BCUT2D eigenvalue weighted by Gasteiger charge is -2.17. The number of hydrogen-bond donors (Lipinski definition) is 2. The Balaban J connectivity index is 2.03. The fourth-order valence-corrected chi connectivity index (χ4v) is 3.65. The normalized spacial score (nSPS) is 23.1. The second-order valence-corrected chi connectivity index (χ2v) is 6.79. The molecule has 1 heterocycles. The molecule has 1 fully saturated rings. The van der Waals surface area contributed by atoms with Crippen LogP contribution < -0.4 is 4.72 Å². The maximum atomic E-state index is 12.2. The van der Waals surface area contributed by atoms with Crippen LogP contribution in [-0.2, 0) is 21.4 Å². The molecule has 0 radical (unpaired) electrons. The van der Waals surface area contributed by atoms with Crippen molar-refractivity contribution in [2.45, 2.75) is 37.4 Å². The highest BCUT2D eigenvalue weighted by molar-refractivity contribution is 7.89. The molecule has 112 valence electrons. The standard InChI is InChI=1S/C14H21NO4S/c1-2-14-12(6-7-19-14)9-15-20(17,18)13-5-3-4-11(8-13)10-16/h3-5,8,12,14-16H,2,6-7,9-10H2,1H3. The molecule has 1 saturated heterocycles. The summed E-state index contributed by atoms with van der Waals surface area (Å²) in [5.74, 6) is 0.232. The van der Waals surface area contributed by atoms with Crippen molar-refractivity contribution in [2.75, 3.05) is 13.2 Å². The fraction of sp³-hybridized carbons (Fsp3) is 0.571. The minimum Gasteiger partial charge on any atom is -0.392 e. The Labute approximate surface area is 120 Å². The van der Waals surface area contributed by atoms with Gasteiger partial charge in [-0.05, 0) is 30.5 Å². The third kappa shape index (κ3) is 3.58. The summed E-state index contributed by atoms with van der Waals surface area (Å²) < 4.78 is 32.6. The predicted molar refractivity (Wildman–Crippen MR) is 75.7 cm³/mol. The summed E-state index contributed by atoms with van der Waals surface area (Å²) in [6.45, 7) is 2.97. The van der Waals surface area contributed by atoms with Crippen LogP contribution in [0.4, 0.5) is 0 Å². The minimum atomic E-state index is -3.53. The molecule has 0 amide bonds. The van der Waals surface area contributed by atoms with Crippen LogP contribution in [-0.4, -0.2) is 32.8 Å². The molecule has 20 heavy (non-hydrogen) atoms. The van der Waals surface area contributed by atoms with Crippen molar-refractivity contribution >= 4 is 10.0 Å². The van der Waals surface area contributed by atoms with Crippen molar-refractivity contribution in [1.29, 1.82) is 0 Å². The topological polar surface area (TPSA) is 75.6 Å². The van der Waals surface area contributed by atoms with Crippen LogP contribution in [0.2, 0.25) is 0 Å². The molecule has 2 N–H and O–H groups in total. The zero-order valence-corrected chi connectivity index (χ0v) is 12.4. The van der Waals surface area contributed by atoms with Crippen molar-refractivity contribution in [1.82, 2.24) is 4.72 Å². The summed E-state index contributed by atoms with van der Waals surface area (Å²) >= 11 is 0. The van der Waals surface area contributed by atoms with Crippen LogP contribution in [0.3, 0.4) is 0 Å². The van der Waals surface area contributed by atoms with Gasteiger partial charge in [0.25, 0.3) is 0 Å². The molecule has 6 heteroatoms. The number of rotatable bonds is 6. The van der Waals surface area contributed by atoms with Gasteiger partial charge in [0.05, 0.1) is 17.6 Å². The summed E-state index contributed by atoms with van der Waals surface area (Å²) in [6.07, 6.45) is 1.92. The van der Waals surface area contributed by atoms with Crippen molar-refractivity contribution in [3.8, 4) is 0 Å². The van der Waals surface area contributed by atoms with E-state index in [0.29, 0.717) is 18.7 Å². The lowest BCUT2D eigenvalue weighted by molar-refractivity contribution is 0.0884. The molecule has 0 spiro atoms. The summed E-state index contributed by atoms with van der Waals surface area (Å²) in [5.41, 5.74) is 0.587. The number of aliphatic hydroxyl groups excluding tert-OH is 1. The summed E-state index contributed by atoms with van der Waals surface area (Å²) in [5, 5.41) is 9.07. The third-order valence-electron chi connectivity index (χ3n) is 3.68. The molecule has 2 unspecified atom stereocenters. The highest BCUT2D eigenvalue weighted by Crippen LogP contribution is 2.23. The second kappa shape index (κ2) is 6.67. The Morgan fingerprint density at radius 1 is 1.45 bits per heavy atom. The minimum absolute atomic E-state index is 0.140. The first kappa shape index (κ1) is 15.4. The van der Waals surface area contributed by atoms with E-state index in [9.17, 15) is 8.42 Å². The van der Waals surface area contributed by atoms with Gasteiger partial charge in [0.1, 0.15) is 0 Å². The Morgan fingerprint density at radius 3 is 2.95 bits per heavy atom. The van der Waals surface area contributed by atoms with Gasteiger partial charge in [0.15, 0.2) is 0 Å². The number of ether oxygens (including phenoxy) is 1. The SMILES string of the molecule is CCC1OCCC1CNS(=O)(=O)c1cccc(CO)c1. The first-order valence-corrected chi connectivity index (χ1v) is 8.36. The molecule has 2 rings (SSSR count). The van der Waals surface area contributed by atoms with Crippen molar-refractivity contribution in [3.63, 3.8) is 0 Å². The van der Waals surface area contributed by atoms with Crippen LogP contribution in [0.5, 0.6) is 0 Å². The quantitative estimate of drug-likeness (QED) is 0.829. The lowest BCUT2D eigenvalue weighted by Crippen LogP contribution is -2.32. The number of sulfonamides is 1. The highest BCUT2D eigenvalue weighted by atomic mass is 32.2. The maximum Gasteiger partial charge on any atom is 0.240 e. The van der Waals surface area contributed by atoms with E-state index >= 15 is 0 Å². The lowest BCUT2D eigenvalue weighted by atomic mass is 10.0. The van der Waals surface area contributed by atoms with E-state index in [1.54, 1.807) is 12.1 Å². The van der Waals surface area contributed by atoms with Gasteiger partial charge in [-0.2, -0.15) is 0 Å². The Bertz CT molecular complexity index is 544. The monoisotopic (exact) mass is 299 g/mol. The molecule has 1 aromatic carbocycles. The second-order valence-electron chi connectivity index (χ2n) is 5.02. The molecule has 0 aliphatic carbocycles. The predicted octanol–water partition coefficient (Wildman–Crippen LogP) is 1.27. The average Bonchev–Trinajstić information content (AvgIpc) is 2.93. The molecular weight excluding hydrogens is 278 g/mol. The largest absolute Gasteiger partial charge is 0.392 e. The van der Waals surface area contributed by atoms with Crippen LogP contribution in [0.25, 0.3) is 0 Å². The van der Waals surface area contributed by atoms with Gasteiger partial charge in [0, 0.05) is 19.1 Å². The molecule has 1 aliphatic heterocycles. The summed E-state index contributed by atoms with van der Waals surface area (Å²) in [6, 6.07) is 6.35. The highest BCUT2D eigenvalue weighted by Gasteiger charge is 2.28. The van der Waals surface area contributed by atoms with E-state index < -0.39 is 10.0 Å². The van der Waals surface area contributed by atoms with Gasteiger partial charge in [-0.15, -0.1) is 0 Å². The van der Waals surface area contributed by atoms with Crippen molar-refractivity contribution < 1.29 is 18.3 Å². The van der Waals surface area contributed by atoms with Crippen LogP contribution in [0.15, 0.2) is 29.2 Å². The Hall–Kier alpha value is -0.950. The number of hydrogen-bond acceptors (Lipinski definition) is 4. The molecule has 2 atom stereocenters. The van der Waals surface area contributed by atoms with Crippen molar-refractivity contribution in [2.24, 2.45) is 5.92 Å². The van der Waals surface area contributed by atoms with Gasteiger partial charge in [-0.3, -0.25) is 0 Å². The molecule has 0 saturated carbocycles. The zero-order chi connectivity index (χ0) is 14.6. The molecular formula is C14H21NO4S. The summed E-state index contributed by atoms with van der Waals surface area (Å²) in [7, 11) is -3.53. The average molecular weight is 299 g/mol. The van der Waals surface area contributed by atoms with Crippen LogP contribution in [0.1, 0.15) is 25.3 Å². The number of nitrogens with one attached hydrogen (secondary N) is 1. The van der Waals surface area contributed by atoms with E-state index in [0.717, 1.165) is 12.8 Å². The van der Waals surface area contributed by atoms with E-state index in [1.807, 2.05) is 6.92 Å². The van der Waals surface area contributed by atoms with Crippen molar-refractivity contribution in [3.05, 3.63) is 29.8 Å². The first-order chi connectivity index (χ1) is 9.56. The van der Waals surface area contributed by atoms with Gasteiger partial charge in [-0.25, -0.2) is 13.1 Å². The third-order valence-corrected chi connectivity index (χ3v) is 5.10. The molecule has 0 aromatic heterocycles. The van der Waals surface area contributed by atoms with E-state index in [-0.39, 0.29) is 23.5 Å².